The summed E-state index contributed by atoms with van der Waals surface area (Å²) in [7, 11) is 0. The van der Waals surface area contributed by atoms with Crippen LogP contribution in [0.5, 0.6) is 0 Å². The van der Waals surface area contributed by atoms with Gasteiger partial charge in [0.1, 0.15) is 11.2 Å². The van der Waals surface area contributed by atoms with Crippen molar-refractivity contribution in [3.8, 4) is 0 Å². The molecule has 2 saturated carbocycles. The zero-order valence-corrected chi connectivity index (χ0v) is 19.6. The Morgan fingerprint density at radius 2 is 1.88 bits per heavy atom. The summed E-state index contributed by atoms with van der Waals surface area (Å²) >= 11 is 0. The lowest BCUT2D eigenvalue weighted by Crippen LogP contribution is -2.74. The smallest absolute Gasteiger partial charge is 0.195 e. The summed E-state index contributed by atoms with van der Waals surface area (Å²) in [6.45, 7) is 8.05. The third-order valence-electron chi connectivity index (χ3n) is 10.3. The Morgan fingerprint density at radius 1 is 1.12 bits per heavy atom. The van der Waals surface area contributed by atoms with Crippen molar-refractivity contribution < 1.29 is 24.5 Å². The van der Waals surface area contributed by atoms with Gasteiger partial charge in [0.2, 0.25) is 0 Å². The molecular formula is C27H31NO5. The fourth-order valence-corrected chi connectivity index (χ4v) is 8.43. The summed E-state index contributed by atoms with van der Waals surface area (Å²) in [5.74, 6) is -1.17. The van der Waals surface area contributed by atoms with Gasteiger partial charge in [0.25, 0.3) is 0 Å². The number of aliphatic hydroxyl groups is 2. The lowest BCUT2D eigenvalue weighted by molar-refractivity contribution is -0.274. The summed E-state index contributed by atoms with van der Waals surface area (Å²) in [6, 6.07) is 8.34. The highest BCUT2D eigenvalue weighted by Crippen LogP contribution is 2.71. The SMILES string of the molecule is CC1(C)OC23CCC4(C)C(O)(C2=CC(=O)C1O3)C(O)CC1Cc2c([nH]c3ccccc23)C14C. The predicted molar refractivity (Wildman–Crippen MR) is 122 cm³/mol. The lowest BCUT2D eigenvalue weighted by atomic mass is 9.41. The van der Waals surface area contributed by atoms with Gasteiger partial charge in [-0.15, -0.1) is 0 Å². The molecule has 2 aliphatic heterocycles. The van der Waals surface area contributed by atoms with Crippen molar-refractivity contribution >= 4 is 16.7 Å². The van der Waals surface area contributed by atoms with Crippen LogP contribution in [0.3, 0.4) is 0 Å². The number of fused-ring (bicyclic) bond motifs is 9. The van der Waals surface area contributed by atoms with Crippen LogP contribution in [0.15, 0.2) is 35.9 Å². The number of ether oxygens (including phenoxy) is 2. The van der Waals surface area contributed by atoms with Crippen LogP contribution in [-0.4, -0.2) is 50.2 Å². The number of para-hydroxylation sites is 1. The fraction of sp³-hybridized carbons (Fsp3) is 0.593. The first-order chi connectivity index (χ1) is 15.5. The van der Waals surface area contributed by atoms with Crippen LogP contribution in [-0.2, 0) is 26.1 Å². The number of aliphatic hydroxyl groups excluding tert-OH is 1. The Hall–Kier alpha value is -1.99. The van der Waals surface area contributed by atoms with E-state index < -0.39 is 40.0 Å². The topological polar surface area (TPSA) is 91.8 Å². The number of rotatable bonds is 0. The summed E-state index contributed by atoms with van der Waals surface area (Å²) in [6.07, 6.45) is 2.29. The molecule has 1 aromatic heterocycles. The van der Waals surface area contributed by atoms with Crippen LogP contribution in [0.4, 0.5) is 0 Å². The van der Waals surface area contributed by atoms with Gasteiger partial charge < -0.3 is 24.7 Å². The maximum atomic E-state index is 13.1. The molecule has 0 radical (unpaired) electrons. The van der Waals surface area contributed by atoms with Crippen molar-refractivity contribution in [2.24, 2.45) is 11.3 Å². The van der Waals surface area contributed by atoms with Crippen LogP contribution in [0.25, 0.3) is 10.9 Å². The van der Waals surface area contributed by atoms with E-state index in [1.54, 1.807) is 0 Å². The van der Waals surface area contributed by atoms with Gasteiger partial charge in [-0.25, -0.2) is 0 Å². The molecule has 1 aromatic carbocycles. The molecule has 5 aliphatic rings. The van der Waals surface area contributed by atoms with Gasteiger partial charge in [-0.2, -0.15) is 0 Å². The molecule has 3 fully saturated rings. The van der Waals surface area contributed by atoms with Crippen molar-refractivity contribution in [3.63, 3.8) is 0 Å². The number of benzene rings is 1. The van der Waals surface area contributed by atoms with E-state index in [0.717, 1.165) is 17.6 Å². The largest absolute Gasteiger partial charge is 0.390 e. The second kappa shape index (κ2) is 5.62. The minimum Gasteiger partial charge on any atom is -0.390 e. The zero-order chi connectivity index (χ0) is 23.2. The number of hydrogen-bond acceptors (Lipinski definition) is 5. The molecule has 2 aromatic rings. The van der Waals surface area contributed by atoms with Gasteiger partial charge in [0.05, 0.1) is 6.10 Å². The van der Waals surface area contributed by atoms with E-state index in [0.29, 0.717) is 24.8 Å². The molecule has 7 rings (SSSR count). The van der Waals surface area contributed by atoms with E-state index >= 15 is 0 Å². The first-order valence-electron chi connectivity index (χ1n) is 12.1. The number of carbonyl (C=O) groups excluding carboxylic acids is 1. The van der Waals surface area contributed by atoms with Gasteiger partial charge in [0.15, 0.2) is 17.7 Å². The van der Waals surface area contributed by atoms with E-state index in [1.807, 2.05) is 19.9 Å². The number of ketones is 1. The predicted octanol–water partition coefficient (Wildman–Crippen LogP) is 3.29. The van der Waals surface area contributed by atoms with Gasteiger partial charge >= 0.3 is 0 Å². The number of nitrogens with one attached hydrogen (secondary N) is 1. The highest BCUT2D eigenvalue weighted by atomic mass is 16.8. The third kappa shape index (κ3) is 1.98. The third-order valence-corrected chi connectivity index (χ3v) is 10.3. The minimum atomic E-state index is -1.64. The molecule has 6 heteroatoms. The Bertz CT molecular complexity index is 1280. The lowest BCUT2D eigenvalue weighted by Gasteiger charge is -2.66. The maximum absolute atomic E-state index is 13.1. The molecule has 0 amide bonds. The molecule has 3 heterocycles. The number of hydrogen-bond donors (Lipinski definition) is 3. The maximum Gasteiger partial charge on any atom is 0.195 e. The highest BCUT2D eigenvalue weighted by molar-refractivity contribution is 5.97. The molecule has 1 spiro atoms. The summed E-state index contributed by atoms with van der Waals surface area (Å²) in [5, 5.41) is 25.4. The van der Waals surface area contributed by atoms with E-state index in [1.165, 1.54) is 17.0 Å². The zero-order valence-electron chi connectivity index (χ0n) is 19.6. The van der Waals surface area contributed by atoms with Gasteiger partial charge in [-0.1, -0.05) is 32.0 Å². The number of aromatic nitrogens is 1. The monoisotopic (exact) mass is 449 g/mol. The van der Waals surface area contributed by atoms with Gasteiger partial charge in [-0.3, -0.25) is 4.79 Å². The molecule has 6 nitrogen and oxygen atoms in total. The van der Waals surface area contributed by atoms with Crippen molar-refractivity contribution in [3.05, 3.63) is 47.2 Å². The Labute approximate surface area is 193 Å². The average Bonchev–Trinajstić information content (AvgIpc) is 3.34. The average molecular weight is 450 g/mol. The first-order valence-corrected chi connectivity index (χ1v) is 12.1. The highest BCUT2D eigenvalue weighted by Gasteiger charge is 2.77. The molecular weight excluding hydrogens is 418 g/mol. The molecule has 3 aliphatic carbocycles. The van der Waals surface area contributed by atoms with Gasteiger partial charge in [-0.05, 0) is 56.7 Å². The quantitative estimate of drug-likeness (QED) is 0.574. The Morgan fingerprint density at radius 3 is 2.67 bits per heavy atom. The van der Waals surface area contributed by atoms with Crippen LogP contribution < -0.4 is 0 Å². The van der Waals surface area contributed by atoms with Crippen molar-refractivity contribution in [2.45, 2.75) is 88.0 Å². The molecule has 7 atom stereocenters. The Balaban J connectivity index is 1.46. The van der Waals surface area contributed by atoms with E-state index in [9.17, 15) is 15.0 Å². The molecule has 7 unspecified atom stereocenters. The molecule has 1 saturated heterocycles. The van der Waals surface area contributed by atoms with Crippen LogP contribution in [0, 0.1) is 11.3 Å². The second-order valence-corrected chi connectivity index (χ2v) is 11.9. The van der Waals surface area contributed by atoms with Crippen molar-refractivity contribution in [1.82, 2.24) is 4.98 Å². The molecule has 174 valence electrons. The normalized spacial score (nSPS) is 47.0. The van der Waals surface area contributed by atoms with Crippen LogP contribution in [0.1, 0.15) is 58.2 Å². The summed E-state index contributed by atoms with van der Waals surface area (Å²) in [4.78, 5) is 16.8. The minimum absolute atomic E-state index is 0.187. The van der Waals surface area contributed by atoms with Crippen LogP contribution in [0.2, 0.25) is 0 Å². The van der Waals surface area contributed by atoms with Gasteiger partial charge in [0, 0.05) is 39.4 Å². The summed E-state index contributed by atoms with van der Waals surface area (Å²) in [5.41, 5.74) is 0.397. The fourth-order valence-electron chi connectivity index (χ4n) is 8.43. The first kappa shape index (κ1) is 20.4. The van der Waals surface area contributed by atoms with E-state index in [4.69, 9.17) is 9.47 Å². The van der Waals surface area contributed by atoms with Crippen molar-refractivity contribution in [2.75, 3.05) is 0 Å². The summed E-state index contributed by atoms with van der Waals surface area (Å²) < 4.78 is 12.7. The number of carbonyl (C=O) groups is 1. The standard InChI is InChI=1S/C27H31NO5/c1-23(2)22-18(29)13-19-26(32-22,33-23)10-9-24(3)25(4)14(12-20(30)27(19,24)31)11-16-15-7-5-6-8-17(15)28-21(16)25/h5-8,13-14,20,22,28,30-31H,9-12H2,1-4H3. The molecule has 2 bridgehead atoms. The van der Waals surface area contributed by atoms with E-state index in [2.05, 4.69) is 37.0 Å². The number of aromatic amines is 1. The molecule has 33 heavy (non-hydrogen) atoms. The second-order valence-electron chi connectivity index (χ2n) is 11.9. The number of H-pyrrole nitrogens is 1. The van der Waals surface area contributed by atoms with Crippen LogP contribution >= 0.6 is 0 Å². The molecule has 3 N–H and O–H groups in total. The Kier molecular flexibility index (Phi) is 3.48. The van der Waals surface area contributed by atoms with E-state index in [-0.39, 0.29) is 11.7 Å². The van der Waals surface area contributed by atoms with Crippen molar-refractivity contribution in [1.29, 1.82) is 0 Å².